The Bertz CT molecular complexity index is 909. The first-order valence-electron chi connectivity index (χ1n) is 11.1. The third kappa shape index (κ3) is 8.36. The first-order valence-corrected chi connectivity index (χ1v) is 11.1. The van der Waals surface area contributed by atoms with E-state index >= 15 is 0 Å². The molecule has 33 heavy (non-hydrogen) atoms. The van der Waals surface area contributed by atoms with Gasteiger partial charge in [-0.05, 0) is 69.4 Å². The second-order valence-electron chi connectivity index (χ2n) is 8.92. The number of carbonyl (C=O) groups excluding carboxylic acids is 2. The molecule has 0 spiro atoms. The van der Waals surface area contributed by atoms with Gasteiger partial charge in [0.15, 0.2) is 0 Å². The Kier molecular flexibility index (Phi) is 8.62. The predicted molar refractivity (Wildman–Crippen MR) is 123 cm³/mol. The Hall–Kier alpha value is -3.17. The normalized spacial score (nSPS) is 15.0. The lowest BCUT2D eigenvalue weighted by atomic mass is 9.99. The first-order chi connectivity index (χ1) is 15.8. The number of carbonyl (C=O) groups is 2. The number of ether oxygens (including phenoxy) is 1. The highest BCUT2D eigenvalue weighted by atomic mass is 16.8. The molecule has 0 unspecified atom stereocenters. The van der Waals surface area contributed by atoms with Crippen LogP contribution in [0.3, 0.4) is 0 Å². The molecular formula is C24H32N4O5. The number of hydroxylamine groups is 3. The topological polar surface area (TPSA) is 102 Å². The van der Waals surface area contributed by atoms with Crippen LogP contribution in [0.4, 0.5) is 10.5 Å². The zero-order valence-electron chi connectivity index (χ0n) is 19.4. The molecule has 0 radical (unpaired) electrons. The van der Waals surface area contributed by atoms with Crippen LogP contribution in [0.5, 0.6) is 0 Å². The van der Waals surface area contributed by atoms with Crippen molar-refractivity contribution in [2.24, 2.45) is 5.92 Å². The maximum Gasteiger partial charge on any atom is 0.528 e. The van der Waals surface area contributed by atoms with E-state index in [1.165, 1.54) is 0 Å². The van der Waals surface area contributed by atoms with Gasteiger partial charge in [0, 0.05) is 37.7 Å². The average molecular weight is 457 g/mol. The van der Waals surface area contributed by atoms with Gasteiger partial charge in [0.05, 0.1) is 12.2 Å². The van der Waals surface area contributed by atoms with Crippen molar-refractivity contribution in [1.29, 1.82) is 0 Å². The molecule has 0 aliphatic carbocycles. The highest BCUT2D eigenvalue weighted by Gasteiger charge is 2.25. The van der Waals surface area contributed by atoms with Gasteiger partial charge >= 0.3 is 6.16 Å². The molecule has 2 heterocycles. The molecule has 1 amide bonds. The standard InChI is InChI=1S/C24H32N4O5/c1-24(2,3)32-23(30)33-28-14-10-19(11-15-28)17-31-27-22(29)20-6-4-5-7-21(20)26-16-18-8-12-25-13-9-18/h4-9,12-13,19,26H,10-11,14-17H2,1-3H3,(H,27,29). The molecule has 1 aromatic heterocycles. The van der Waals surface area contributed by atoms with Crippen LogP contribution in [0.1, 0.15) is 49.5 Å². The van der Waals surface area contributed by atoms with Crippen LogP contribution in [0, 0.1) is 5.92 Å². The zero-order valence-corrected chi connectivity index (χ0v) is 19.4. The molecule has 0 bridgehead atoms. The van der Waals surface area contributed by atoms with Gasteiger partial charge < -0.3 is 14.9 Å². The fraction of sp³-hybridized carbons (Fsp3) is 0.458. The van der Waals surface area contributed by atoms with Crippen LogP contribution in [-0.4, -0.2) is 47.4 Å². The number of rotatable bonds is 8. The number of hydrogen-bond acceptors (Lipinski definition) is 8. The summed E-state index contributed by atoms with van der Waals surface area (Å²) in [7, 11) is 0. The van der Waals surface area contributed by atoms with E-state index in [1.807, 2.05) is 30.3 Å². The molecule has 1 aromatic carbocycles. The predicted octanol–water partition coefficient (Wildman–Crippen LogP) is 3.93. The lowest BCUT2D eigenvalue weighted by Crippen LogP contribution is -2.39. The molecule has 178 valence electrons. The van der Waals surface area contributed by atoms with Crippen molar-refractivity contribution in [3.63, 3.8) is 0 Å². The van der Waals surface area contributed by atoms with Crippen molar-refractivity contribution in [3.05, 3.63) is 59.9 Å². The van der Waals surface area contributed by atoms with Crippen molar-refractivity contribution in [2.75, 3.05) is 25.0 Å². The molecule has 0 saturated carbocycles. The van der Waals surface area contributed by atoms with Crippen LogP contribution in [0.25, 0.3) is 0 Å². The molecule has 9 nitrogen and oxygen atoms in total. The summed E-state index contributed by atoms with van der Waals surface area (Å²) in [5.41, 5.74) is 4.26. The van der Waals surface area contributed by atoms with Gasteiger partial charge in [-0.15, -0.1) is 5.06 Å². The largest absolute Gasteiger partial charge is 0.528 e. The summed E-state index contributed by atoms with van der Waals surface area (Å²) >= 11 is 0. The third-order valence-corrected chi connectivity index (χ3v) is 5.05. The van der Waals surface area contributed by atoms with E-state index in [2.05, 4.69) is 15.8 Å². The minimum absolute atomic E-state index is 0.254. The molecule has 0 atom stereocenters. The molecule has 1 fully saturated rings. The van der Waals surface area contributed by atoms with E-state index in [1.54, 1.807) is 44.3 Å². The summed E-state index contributed by atoms with van der Waals surface area (Å²) in [6, 6.07) is 11.1. The second-order valence-corrected chi connectivity index (χ2v) is 8.92. The summed E-state index contributed by atoms with van der Waals surface area (Å²) in [5.74, 6) is -0.0534. The van der Waals surface area contributed by atoms with Crippen LogP contribution in [0.2, 0.25) is 0 Å². The number of benzene rings is 1. The number of hydrogen-bond donors (Lipinski definition) is 2. The Labute approximate surface area is 194 Å². The summed E-state index contributed by atoms with van der Waals surface area (Å²) in [4.78, 5) is 39.2. The molecular weight excluding hydrogens is 424 g/mol. The van der Waals surface area contributed by atoms with Gasteiger partial charge in [0.25, 0.3) is 5.91 Å². The zero-order chi connectivity index (χ0) is 23.7. The van der Waals surface area contributed by atoms with Gasteiger partial charge in [0.2, 0.25) is 0 Å². The highest BCUT2D eigenvalue weighted by molar-refractivity contribution is 5.98. The number of amides is 1. The third-order valence-electron chi connectivity index (χ3n) is 5.05. The maximum atomic E-state index is 12.6. The van der Waals surface area contributed by atoms with E-state index in [0.29, 0.717) is 31.8 Å². The number of pyridine rings is 1. The van der Waals surface area contributed by atoms with Crippen LogP contribution < -0.4 is 10.8 Å². The van der Waals surface area contributed by atoms with Gasteiger partial charge in [-0.2, -0.15) is 0 Å². The maximum absolute atomic E-state index is 12.6. The van der Waals surface area contributed by atoms with E-state index in [4.69, 9.17) is 14.4 Å². The van der Waals surface area contributed by atoms with Gasteiger partial charge in [-0.1, -0.05) is 12.1 Å². The first kappa shape index (κ1) is 24.5. The van der Waals surface area contributed by atoms with Gasteiger partial charge in [-0.25, -0.2) is 10.3 Å². The quantitative estimate of drug-likeness (QED) is 0.455. The molecule has 2 aromatic rings. The number of anilines is 1. The lowest BCUT2D eigenvalue weighted by molar-refractivity contribution is -0.158. The Morgan fingerprint density at radius 2 is 1.79 bits per heavy atom. The van der Waals surface area contributed by atoms with Crippen molar-refractivity contribution in [3.8, 4) is 0 Å². The van der Waals surface area contributed by atoms with Crippen LogP contribution >= 0.6 is 0 Å². The van der Waals surface area contributed by atoms with Crippen molar-refractivity contribution in [1.82, 2.24) is 15.5 Å². The Balaban J connectivity index is 1.39. The molecule has 1 saturated heterocycles. The molecule has 9 heteroatoms. The Morgan fingerprint density at radius 3 is 2.48 bits per heavy atom. The van der Waals surface area contributed by atoms with Crippen molar-refractivity contribution in [2.45, 2.75) is 45.8 Å². The molecule has 3 rings (SSSR count). The SMILES string of the molecule is CC(C)(C)OC(=O)ON1CCC(CONC(=O)c2ccccc2NCc2ccncc2)CC1. The number of nitrogens with zero attached hydrogens (tertiary/aromatic N) is 2. The summed E-state index contributed by atoms with van der Waals surface area (Å²) in [5, 5.41) is 4.89. The fourth-order valence-electron chi connectivity index (χ4n) is 3.35. The smallest absolute Gasteiger partial charge is 0.427 e. The van der Waals surface area contributed by atoms with E-state index in [0.717, 1.165) is 24.1 Å². The molecule has 1 aliphatic heterocycles. The van der Waals surface area contributed by atoms with E-state index in [9.17, 15) is 9.59 Å². The Morgan fingerprint density at radius 1 is 1.09 bits per heavy atom. The second kappa shape index (κ2) is 11.6. The van der Waals surface area contributed by atoms with Crippen LogP contribution in [0.15, 0.2) is 48.8 Å². The van der Waals surface area contributed by atoms with Gasteiger partial charge in [-0.3, -0.25) is 14.6 Å². The summed E-state index contributed by atoms with van der Waals surface area (Å²) < 4.78 is 5.17. The number of para-hydroxylation sites is 1. The lowest BCUT2D eigenvalue weighted by Gasteiger charge is -2.30. The number of piperidine rings is 1. The molecule has 1 aliphatic rings. The van der Waals surface area contributed by atoms with E-state index in [-0.39, 0.29) is 11.8 Å². The highest BCUT2D eigenvalue weighted by Crippen LogP contribution is 2.19. The molecule has 2 N–H and O–H groups in total. The van der Waals surface area contributed by atoms with Crippen LogP contribution in [-0.2, 0) is 21.0 Å². The minimum Gasteiger partial charge on any atom is -0.427 e. The average Bonchev–Trinajstić information content (AvgIpc) is 2.78. The van der Waals surface area contributed by atoms with Crippen molar-refractivity contribution >= 4 is 17.7 Å². The monoisotopic (exact) mass is 456 g/mol. The number of aromatic nitrogens is 1. The minimum atomic E-state index is -0.694. The fourth-order valence-corrected chi connectivity index (χ4v) is 3.35. The van der Waals surface area contributed by atoms with Crippen molar-refractivity contribution < 1.29 is 24.0 Å². The summed E-state index contributed by atoms with van der Waals surface area (Å²) in [6.45, 7) is 7.52. The number of nitrogens with one attached hydrogen (secondary N) is 2. The summed E-state index contributed by atoms with van der Waals surface area (Å²) in [6.07, 6.45) is 4.33. The van der Waals surface area contributed by atoms with E-state index < -0.39 is 11.8 Å². The van der Waals surface area contributed by atoms with Gasteiger partial charge in [0.1, 0.15) is 5.60 Å².